The maximum Gasteiger partial charge on any atom is 0.223 e. The zero-order valence-corrected chi connectivity index (χ0v) is 13.7. The summed E-state index contributed by atoms with van der Waals surface area (Å²) >= 11 is 2.01. The molecular formula is C17H27NO2S. The Morgan fingerprint density at radius 3 is 2.67 bits per heavy atom. The Morgan fingerprint density at radius 2 is 1.90 bits per heavy atom. The van der Waals surface area contributed by atoms with Gasteiger partial charge >= 0.3 is 0 Å². The molecule has 0 N–H and O–H groups in total. The predicted octanol–water partition coefficient (Wildman–Crippen LogP) is 3.27. The lowest BCUT2D eigenvalue weighted by atomic mass is 9.81. The van der Waals surface area contributed by atoms with Gasteiger partial charge in [0.25, 0.3) is 0 Å². The first-order chi connectivity index (χ1) is 10.3. The number of thioether (sulfide) groups is 1. The van der Waals surface area contributed by atoms with E-state index in [9.17, 15) is 9.59 Å². The molecule has 1 aliphatic carbocycles. The number of Topliss-reactive ketones (excluding diaryl/α,β-unsaturated/α-hetero) is 1. The minimum atomic E-state index is 0.145. The van der Waals surface area contributed by atoms with Crippen molar-refractivity contribution in [3.63, 3.8) is 0 Å². The lowest BCUT2D eigenvalue weighted by molar-refractivity contribution is -0.136. The Balaban J connectivity index is 1.60. The van der Waals surface area contributed by atoms with E-state index < -0.39 is 0 Å². The standard InChI is InChI=1S/C17H27NO2S/c19-16-6-2-1-4-14(16)15-5-3-9-18(15)17(20)12-13-7-10-21-11-8-13/h13-15H,1-12H2. The van der Waals surface area contributed by atoms with Crippen LogP contribution in [0.3, 0.4) is 0 Å². The number of amides is 1. The normalized spacial score (nSPS) is 31.6. The van der Waals surface area contributed by atoms with Gasteiger partial charge in [0.05, 0.1) is 0 Å². The summed E-state index contributed by atoms with van der Waals surface area (Å²) in [6.45, 7) is 0.884. The van der Waals surface area contributed by atoms with Gasteiger partial charge in [-0.05, 0) is 55.9 Å². The average Bonchev–Trinajstić information content (AvgIpc) is 2.98. The first kappa shape index (κ1) is 15.4. The summed E-state index contributed by atoms with van der Waals surface area (Å²) < 4.78 is 0. The Hall–Kier alpha value is -0.510. The Labute approximate surface area is 132 Å². The van der Waals surface area contributed by atoms with Crippen molar-refractivity contribution in [1.82, 2.24) is 4.90 Å². The van der Waals surface area contributed by atoms with Gasteiger partial charge in [-0.3, -0.25) is 9.59 Å². The molecular weight excluding hydrogens is 282 g/mol. The maximum atomic E-state index is 12.7. The topological polar surface area (TPSA) is 37.4 Å². The van der Waals surface area contributed by atoms with Crippen molar-refractivity contribution in [2.24, 2.45) is 11.8 Å². The van der Waals surface area contributed by atoms with Crippen molar-refractivity contribution in [1.29, 1.82) is 0 Å². The van der Waals surface area contributed by atoms with Crippen molar-refractivity contribution in [3.05, 3.63) is 0 Å². The van der Waals surface area contributed by atoms with Crippen LogP contribution in [0.25, 0.3) is 0 Å². The zero-order chi connectivity index (χ0) is 14.7. The van der Waals surface area contributed by atoms with Gasteiger partial charge in [0.15, 0.2) is 0 Å². The minimum Gasteiger partial charge on any atom is -0.339 e. The second kappa shape index (κ2) is 7.17. The van der Waals surface area contributed by atoms with E-state index in [1.165, 1.54) is 24.3 Å². The molecule has 3 rings (SSSR count). The highest BCUT2D eigenvalue weighted by Crippen LogP contribution is 2.34. The molecule has 0 bridgehead atoms. The molecule has 0 aromatic rings. The van der Waals surface area contributed by atoms with E-state index in [0.717, 1.165) is 51.5 Å². The number of hydrogen-bond acceptors (Lipinski definition) is 3. The van der Waals surface area contributed by atoms with Gasteiger partial charge in [0.1, 0.15) is 5.78 Å². The van der Waals surface area contributed by atoms with E-state index in [0.29, 0.717) is 17.6 Å². The van der Waals surface area contributed by atoms with Crippen LogP contribution in [0.15, 0.2) is 0 Å². The summed E-state index contributed by atoms with van der Waals surface area (Å²) in [6.07, 6.45) is 9.19. The van der Waals surface area contributed by atoms with Crippen LogP contribution >= 0.6 is 11.8 Å². The molecule has 2 aliphatic heterocycles. The first-order valence-electron chi connectivity index (χ1n) is 8.65. The largest absolute Gasteiger partial charge is 0.339 e. The van der Waals surface area contributed by atoms with Crippen molar-refractivity contribution in [3.8, 4) is 0 Å². The van der Waals surface area contributed by atoms with Gasteiger partial charge in [-0.2, -0.15) is 11.8 Å². The summed E-state index contributed by atoms with van der Waals surface area (Å²) in [5, 5.41) is 0. The molecule has 0 radical (unpaired) electrons. The molecule has 3 nitrogen and oxygen atoms in total. The molecule has 21 heavy (non-hydrogen) atoms. The van der Waals surface area contributed by atoms with Gasteiger partial charge in [-0.1, -0.05) is 6.42 Å². The maximum absolute atomic E-state index is 12.7. The van der Waals surface area contributed by atoms with E-state index in [2.05, 4.69) is 4.90 Å². The fraction of sp³-hybridized carbons (Fsp3) is 0.882. The summed E-state index contributed by atoms with van der Waals surface area (Å²) in [7, 11) is 0. The van der Waals surface area contributed by atoms with Crippen molar-refractivity contribution in [2.75, 3.05) is 18.1 Å². The number of nitrogens with zero attached hydrogens (tertiary/aromatic N) is 1. The molecule has 3 aliphatic rings. The van der Waals surface area contributed by atoms with Crippen LogP contribution in [0.2, 0.25) is 0 Å². The molecule has 3 fully saturated rings. The predicted molar refractivity (Wildman–Crippen MR) is 86.4 cm³/mol. The molecule has 2 heterocycles. The Morgan fingerprint density at radius 1 is 1.10 bits per heavy atom. The second-order valence-corrected chi connectivity index (χ2v) is 8.10. The van der Waals surface area contributed by atoms with Gasteiger partial charge in [-0.25, -0.2) is 0 Å². The third kappa shape index (κ3) is 3.64. The molecule has 1 saturated carbocycles. The van der Waals surface area contributed by atoms with Gasteiger partial charge < -0.3 is 4.90 Å². The van der Waals surface area contributed by atoms with Crippen molar-refractivity contribution in [2.45, 2.75) is 63.8 Å². The van der Waals surface area contributed by atoms with Crippen molar-refractivity contribution >= 4 is 23.5 Å². The minimum absolute atomic E-state index is 0.145. The summed E-state index contributed by atoms with van der Waals surface area (Å²) in [4.78, 5) is 27.0. The average molecular weight is 309 g/mol. The molecule has 0 spiro atoms. The molecule has 118 valence electrons. The van der Waals surface area contributed by atoms with Crippen molar-refractivity contribution < 1.29 is 9.59 Å². The number of hydrogen-bond donors (Lipinski definition) is 0. The van der Waals surface area contributed by atoms with Crippen LogP contribution in [0.1, 0.15) is 57.8 Å². The fourth-order valence-corrected chi connectivity index (χ4v) is 5.46. The highest BCUT2D eigenvalue weighted by Gasteiger charge is 2.39. The lowest BCUT2D eigenvalue weighted by Crippen LogP contribution is -2.44. The number of likely N-dealkylation sites (tertiary alicyclic amines) is 1. The summed E-state index contributed by atoms with van der Waals surface area (Å²) in [5.74, 6) is 3.90. The molecule has 4 heteroatoms. The lowest BCUT2D eigenvalue weighted by Gasteiger charge is -2.34. The molecule has 2 saturated heterocycles. The fourth-order valence-electron chi connectivity index (χ4n) is 4.25. The Bertz CT molecular complexity index is 392. The third-order valence-electron chi connectivity index (χ3n) is 5.49. The first-order valence-corrected chi connectivity index (χ1v) is 9.81. The second-order valence-electron chi connectivity index (χ2n) is 6.88. The van der Waals surface area contributed by atoms with E-state index in [-0.39, 0.29) is 12.0 Å². The number of rotatable bonds is 3. The number of carbonyl (C=O) groups excluding carboxylic acids is 2. The van der Waals surface area contributed by atoms with Crippen LogP contribution in [-0.2, 0) is 9.59 Å². The highest BCUT2D eigenvalue weighted by atomic mass is 32.2. The van der Waals surface area contributed by atoms with Gasteiger partial charge in [0, 0.05) is 31.3 Å². The summed E-state index contributed by atoms with van der Waals surface area (Å²) in [6, 6.07) is 0.225. The number of ketones is 1. The smallest absolute Gasteiger partial charge is 0.223 e. The van der Waals surface area contributed by atoms with E-state index >= 15 is 0 Å². The van der Waals surface area contributed by atoms with Crippen LogP contribution in [0, 0.1) is 11.8 Å². The van der Waals surface area contributed by atoms with Crippen LogP contribution in [0.5, 0.6) is 0 Å². The molecule has 2 unspecified atom stereocenters. The summed E-state index contributed by atoms with van der Waals surface area (Å²) in [5.41, 5.74) is 0. The molecule has 1 amide bonds. The Kier molecular flexibility index (Phi) is 5.25. The van der Waals surface area contributed by atoms with Gasteiger partial charge in [-0.15, -0.1) is 0 Å². The third-order valence-corrected chi connectivity index (χ3v) is 6.54. The van der Waals surface area contributed by atoms with Crippen LogP contribution in [0.4, 0.5) is 0 Å². The SMILES string of the molecule is O=C1CCCCC1C1CCCN1C(=O)CC1CCSCC1. The molecule has 0 aromatic heterocycles. The van der Waals surface area contributed by atoms with E-state index in [1.807, 2.05) is 11.8 Å². The molecule has 0 aromatic carbocycles. The van der Waals surface area contributed by atoms with Crippen LogP contribution in [-0.4, -0.2) is 40.7 Å². The van der Waals surface area contributed by atoms with E-state index in [1.54, 1.807) is 0 Å². The molecule has 2 atom stereocenters. The monoisotopic (exact) mass is 309 g/mol. The quantitative estimate of drug-likeness (QED) is 0.803. The van der Waals surface area contributed by atoms with Crippen LogP contribution < -0.4 is 0 Å². The van der Waals surface area contributed by atoms with Gasteiger partial charge in [0.2, 0.25) is 5.91 Å². The number of carbonyl (C=O) groups is 2. The van der Waals surface area contributed by atoms with E-state index in [4.69, 9.17) is 0 Å². The highest BCUT2D eigenvalue weighted by molar-refractivity contribution is 7.99. The zero-order valence-electron chi connectivity index (χ0n) is 12.9.